The Bertz CT molecular complexity index is 928. The molecule has 7 nitrogen and oxygen atoms in total. The number of aromatic nitrogens is 3. The van der Waals surface area contributed by atoms with Crippen LogP contribution >= 0.6 is 11.8 Å². The second-order valence-corrected chi connectivity index (χ2v) is 6.84. The van der Waals surface area contributed by atoms with Gasteiger partial charge in [0.05, 0.1) is 19.4 Å². The maximum Gasteiger partial charge on any atom is 0.252 e. The Morgan fingerprint density at radius 2 is 1.78 bits per heavy atom. The molecule has 4 rings (SSSR count). The molecule has 138 valence electrons. The van der Waals surface area contributed by atoms with Gasteiger partial charge in [0.1, 0.15) is 18.1 Å². The van der Waals surface area contributed by atoms with Gasteiger partial charge in [0.2, 0.25) is 5.16 Å². The monoisotopic (exact) mass is 382 g/mol. The summed E-state index contributed by atoms with van der Waals surface area (Å²) in [7, 11) is 1.62. The van der Waals surface area contributed by atoms with Crippen molar-refractivity contribution in [1.29, 1.82) is 0 Å². The normalized spacial score (nSPS) is 13.4. The molecule has 0 saturated heterocycles. The molecule has 0 fully saturated rings. The summed E-state index contributed by atoms with van der Waals surface area (Å²) < 4.78 is 12.7. The zero-order valence-electron chi connectivity index (χ0n) is 14.7. The Morgan fingerprint density at radius 1 is 1.04 bits per heavy atom. The molecule has 3 aromatic rings. The van der Waals surface area contributed by atoms with Crippen molar-refractivity contribution < 1.29 is 14.3 Å². The van der Waals surface area contributed by atoms with Gasteiger partial charge in [-0.2, -0.15) is 0 Å². The number of methoxy groups -OCH3 is 1. The van der Waals surface area contributed by atoms with Crippen molar-refractivity contribution in [3.63, 3.8) is 0 Å². The van der Waals surface area contributed by atoms with E-state index < -0.39 is 0 Å². The van der Waals surface area contributed by atoms with Gasteiger partial charge in [-0.05, 0) is 29.8 Å². The van der Waals surface area contributed by atoms with E-state index in [-0.39, 0.29) is 12.5 Å². The van der Waals surface area contributed by atoms with E-state index in [1.54, 1.807) is 16.8 Å². The van der Waals surface area contributed by atoms with Crippen LogP contribution in [-0.2, 0) is 17.9 Å². The predicted molar refractivity (Wildman–Crippen MR) is 101 cm³/mol. The number of amides is 1. The average molecular weight is 382 g/mol. The molecule has 8 heteroatoms. The lowest BCUT2D eigenvalue weighted by atomic mass is 10.2. The third-order valence-corrected chi connectivity index (χ3v) is 5.04. The first-order chi connectivity index (χ1) is 13.2. The van der Waals surface area contributed by atoms with Crippen molar-refractivity contribution in [2.45, 2.75) is 18.3 Å². The minimum Gasteiger partial charge on any atom is -0.497 e. The smallest absolute Gasteiger partial charge is 0.252 e. The van der Waals surface area contributed by atoms with E-state index in [0.29, 0.717) is 29.0 Å². The Labute approximate surface area is 160 Å². The van der Waals surface area contributed by atoms with Gasteiger partial charge < -0.3 is 9.47 Å². The number of hydrogen-bond acceptors (Lipinski definition) is 6. The molecule has 1 amide bonds. The molecule has 1 aliphatic rings. The summed E-state index contributed by atoms with van der Waals surface area (Å²) in [6.45, 7) is 0.666. The summed E-state index contributed by atoms with van der Waals surface area (Å²) in [5, 5.41) is 10.8. The second kappa shape index (κ2) is 7.71. The molecule has 27 heavy (non-hydrogen) atoms. The largest absolute Gasteiger partial charge is 0.497 e. The first kappa shape index (κ1) is 17.4. The summed E-state index contributed by atoms with van der Waals surface area (Å²) in [5.41, 5.74) is 1.04. The van der Waals surface area contributed by atoms with Gasteiger partial charge in [-0.3, -0.25) is 4.79 Å². The Morgan fingerprint density at radius 3 is 2.52 bits per heavy atom. The summed E-state index contributed by atoms with van der Waals surface area (Å²) in [6, 6.07) is 17.2. The van der Waals surface area contributed by atoms with Crippen LogP contribution in [0.15, 0.2) is 59.8 Å². The summed E-state index contributed by atoms with van der Waals surface area (Å²) in [5.74, 6) is 2.40. The molecule has 0 spiro atoms. The van der Waals surface area contributed by atoms with E-state index in [1.807, 2.05) is 54.6 Å². The van der Waals surface area contributed by atoms with Gasteiger partial charge in [-0.1, -0.05) is 42.1 Å². The quantitative estimate of drug-likeness (QED) is 0.653. The van der Waals surface area contributed by atoms with Gasteiger partial charge >= 0.3 is 0 Å². The highest BCUT2D eigenvalue weighted by molar-refractivity contribution is 7.99. The molecule has 0 atom stereocenters. The fraction of sp³-hybridized carbons (Fsp3) is 0.211. The van der Waals surface area contributed by atoms with E-state index in [0.717, 1.165) is 11.3 Å². The van der Waals surface area contributed by atoms with Crippen molar-refractivity contribution in [3.8, 4) is 11.5 Å². The fourth-order valence-electron chi connectivity index (χ4n) is 2.77. The van der Waals surface area contributed by atoms with Crippen LogP contribution in [-0.4, -0.2) is 33.6 Å². The first-order valence-electron chi connectivity index (χ1n) is 8.43. The van der Waals surface area contributed by atoms with Crippen LogP contribution in [0, 0.1) is 0 Å². The van der Waals surface area contributed by atoms with Crippen molar-refractivity contribution in [1.82, 2.24) is 14.9 Å². The highest BCUT2D eigenvalue weighted by Crippen LogP contribution is 2.25. The molecule has 1 aromatic heterocycles. The van der Waals surface area contributed by atoms with E-state index in [2.05, 4.69) is 10.2 Å². The Hall–Kier alpha value is -3.00. The Balaban J connectivity index is 1.55. The molecule has 0 saturated carbocycles. The van der Waals surface area contributed by atoms with Gasteiger partial charge in [0, 0.05) is 0 Å². The molecule has 2 heterocycles. The number of carbonyl (C=O) groups is 1. The van der Waals surface area contributed by atoms with Crippen LogP contribution in [0.4, 0.5) is 0 Å². The Kier molecular flexibility index (Phi) is 4.97. The number of hydrogen-bond donors (Lipinski definition) is 0. The van der Waals surface area contributed by atoms with Crippen LogP contribution in [0.3, 0.4) is 0 Å². The number of ether oxygens (including phenoxy) is 2. The number of fused-ring (bicyclic) bond motifs is 1. The number of benzene rings is 2. The average Bonchev–Trinajstić information content (AvgIpc) is 3.13. The zero-order chi connectivity index (χ0) is 18.6. The van der Waals surface area contributed by atoms with Gasteiger partial charge in [0.25, 0.3) is 5.91 Å². The van der Waals surface area contributed by atoms with Crippen LogP contribution in [0.5, 0.6) is 11.5 Å². The lowest BCUT2D eigenvalue weighted by molar-refractivity contribution is -0.118. The molecular weight excluding hydrogens is 364 g/mol. The van der Waals surface area contributed by atoms with E-state index in [9.17, 15) is 4.79 Å². The molecule has 0 radical (unpaired) electrons. The summed E-state index contributed by atoms with van der Waals surface area (Å²) in [4.78, 5) is 12.5. The van der Waals surface area contributed by atoms with Gasteiger partial charge in [-0.25, -0.2) is 9.69 Å². The number of thioether (sulfide) groups is 1. The summed E-state index contributed by atoms with van der Waals surface area (Å²) in [6.07, 6.45) is 0. The van der Waals surface area contributed by atoms with Crippen molar-refractivity contribution in [2.24, 2.45) is 0 Å². The number of nitrogens with zero attached hydrogens (tertiary/aromatic N) is 4. The third-order valence-electron chi connectivity index (χ3n) is 4.13. The van der Waals surface area contributed by atoms with Crippen LogP contribution in [0.25, 0.3) is 0 Å². The zero-order valence-corrected chi connectivity index (χ0v) is 15.6. The summed E-state index contributed by atoms with van der Waals surface area (Å²) >= 11 is 1.38. The molecule has 0 aliphatic carbocycles. The predicted octanol–water partition coefficient (Wildman–Crippen LogP) is 2.64. The van der Waals surface area contributed by atoms with Gasteiger partial charge in [0.15, 0.2) is 5.82 Å². The van der Waals surface area contributed by atoms with Crippen molar-refractivity contribution in [2.75, 3.05) is 17.9 Å². The standard InChI is InChI=1S/C19H18N4O3S/c1-25-15-7-9-16(10-8-15)26-12-17-20-21-19-23(17)22(18(24)13-27-19)11-14-5-3-2-4-6-14/h2-10H,11-13H2,1H3. The van der Waals surface area contributed by atoms with Crippen LogP contribution < -0.4 is 14.5 Å². The SMILES string of the molecule is COc1ccc(OCc2nnc3n2N(Cc2ccccc2)C(=O)CS3)cc1. The first-order valence-corrected chi connectivity index (χ1v) is 9.41. The van der Waals surface area contributed by atoms with Crippen LogP contribution in [0.2, 0.25) is 0 Å². The number of rotatable bonds is 6. The highest BCUT2D eigenvalue weighted by Gasteiger charge is 2.29. The van der Waals surface area contributed by atoms with E-state index >= 15 is 0 Å². The van der Waals surface area contributed by atoms with Gasteiger partial charge in [-0.15, -0.1) is 10.2 Å². The molecule has 0 bridgehead atoms. The maximum absolute atomic E-state index is 12.5. The second-order valence-electron chi connectivity index (χ2n) is 5.90. The molecular formula is C19H18N4O3S. The molecule has 2 aromatic carbocycles. The lowest BCUT2D eigenvalue weighted by Gasteiger charge is -2.29. The van der Waals surface area contributed by atoms with Crippen LogP contribution in [0.1, 0.15) is 11.4 Å². The van der Waals surface area contributed by atoms with E-state index in [1.165, 1.54) is 11.8 Å². The number of carbonyl (C=O) groups excluding carboxylic acids is 1. The van der Waals surface area contributed by atoms with Crippen molar-refractivity contribution >= 4 is 17.7 Å². The van der Waals surface area contributed by atoms with Crippen molar-refractivity contribution in [3.05, 3.63) is 66.0 Å². The molecule has 0 unspecified atom stereocenters. The molecule has 0 N–H and O–H groups in total. The third kappa shape index (κ3) is 3.75. The van der Waals surface area contributed by atoms with E-state index in [4.69, 9.17) is 9.47 Å². The minimum atomic E-state index is 0.0156. The minimum absolute atomic E-state index is 0.0156. The fourth-order valence-corrected chi connectivity index (χ4v) is 3.59. The maximum atomic E-state index is 12.5. The lowest BCUT2D eigenvalue weighted by Crippen LogP contribution is -2.45. The molecule has 1 aliphatic heterocycles. The highest BCUT2D eigenvalue weighted by atomic mass is 32.2. The topological polar surface area (TPSA) is 69.5 Å².